The highest BCUT2D eigenvalue weighted by Gasteiger charge is 2.23. The Balaban J connectivity index is 1.52. The minimum absolute atomic E-state index is 0.335. The molecule has 6 nitrogen and oxygen atoms in total. The van der Waals surface area contributed by atoms with Crippen molar-refractivity contribution in [2.24, 2.45) is 4.99 Å². The lowest BCUT2D eigenvalue weighted by atomic mass is 10.2. The lowest BCUT2D eigenvalue weighted by molar-refractivity contribution is 0.208. The van der Waals surface area contributed by atoms with Crippen molar-refractivity contribution in [3.05, 3.63) is 53.4 Å². The minimum Gasteiger partial charge on any atom is -0.469 e. The maximum absolute atomic E-state index is 6.12. The number of ether oxygens (including phenoxy) is 1. The Kier molecular flexibility index (Phi) is 7.42. The molecule has 1 atom stereocenters. The van der Waals surface area contributed by atoms with Crippen molar-refractivity contribution < 1.29 is 9.15 Å². The van der Waals surface area contributed by atoms with Gasteiger partial charge in [-0.2, -0.15) is 0 Å². The molecule has 1 aliphatic heterocycles. The molecule has 1 saturated heterocycles. The number of halogens is 1. The molecular formula is C20H27ClN4O2. The Morgan fingerprint density at radius 1 is 1.37 bits per heavy atom. The lowest BCUT2D eigenvalue weighted by Gasteiger charge is -2.20. The van der Waals surface area contributed by atoms with Crippen molar-refractivity contribution in [3.63, 3.8) is 0 Å². The average molecular weight is 391 g/mol. The van der Waals surface area contributed by atoms with Gasteiger partial charge in [0.15, 0.2) is 5.96 Å². The normalized spacial score (nSPS) is 17.3. The molecule has 1 aliphatic rings. The highest BCUT2D eigenvalue weighted by atomic mass is 35.5. The Morgan fingerprint density at radius 2 is 2.30 bits per heavy atom. The van der Waals surface area contributed by atoms with Crippen LogP contribution >= 0.6 is 11.6 Å². The van der Waals surface area contributed by atoms with Gasteiger partial charge >= 0.3 is 0 Å². The fourth-order valence-electron chi connectivity index (χ4n) is 3.14. The van der Waals surface area contributed by atoms with Crippen molar-refractivity contribution in [2.75, 3.05) is 44.8 Å². The monoisotopic (exact) mass is 390 g/mol. The highest BCUT2D eigenvalue weighted by Crippen LogP contribution is 2.23. The lowest BCUT2D eigenvalue weighted by Crippen LogP contribution is -2.45. The number of aliphatic imine (C=N–C) groups is 1. The second-order valence-electron chi connectivity index (χ2n) is 6.54. The van der Waals surface area contributed by atoms with Gasteiger partial charge in [0.1, 0.15) is 5.76 Å². The zero-order chi connectivity index (χ0) is 18.9. The third-order valence-corrected chi connectivity index (χ3v) is 4.75. The van der Waals surface area contributed by atoms with Crippen LogP contribution in [-0.2, 0) is 11.2 Å². The van der Waals surface area contributed by atoms with E-state index in [1.165, 1.54) is 0 Å². The van der Waals surface area contributed by atoms with Crippen LogP contribution in [-0.4, -0.2) is 51.9 Å². The Bertz CT molecular complexity index is 721. The molecule has 0 spiro atoms. The van der Waals surface area contributed by atoms with Gasteiger partial charge in [-0.3, -0.25) is 4.99 Å². The van der Waals surface area contributed by atoms with Crippen molar-refractivity contribution in [1.29, 1.82) is 0 Å². The van der Waals surface area contributed by atoms with Crippen LogP contribution in [0.25, 0.3) is 0 Å². The van der Waals surface area contributed by atoms with Crippen molar-refractivity contribution in [3.8, 4) is 0 Å². The number of hydrogen-bond donors (Lipinski definition) is 2. The SMILES string of the molecule is COCCN=C(NCCc1ccco1)NC1CCN(c2cccc(Cl)c2)C1. The third-order valence-electron chi connectivity index (χ3n) is 4.51. The number of guanidine groups is 1. The van der Waals surface area contributed by atoms with Crippen LogP contribution in [0, 0.1) is 0 Å². The number of hydrogen-bond acceptors (Lipinski definition) is 4. The molecule has 2 heterocycles. The molecule has 0 saturated carbocycles. The molecule has 0 radical (unpaired) electrons. The van der Waals surface area contributed by atoms with Gasteiger partial charge in [-0.05, 0) is 36.8 Å². The van der Waals surface area contributed by atoms with Crippen molar-refractivity contribution in [2.45, 2.75) is 18.9 Å². The number of anilines is 1. The van der Waals surface area contributed by atoms with Gasteiger partial charge in [-0.25, -0.2) is 0 Å². The summed E-state index contributed by atoms with van der Waals surface area (Å²) in [7, 11) is 1.69. The maximum atomic E-state index is 6.12. The average Bonchev–Trinajstić information content (AvgIpc) is 3.34. The van der Waals surface area contributed by atoms with Gasteiger partial charge in [-0.1, -0.05) is 17.7 Å². The fourth-order valence-corrected chi connectivity index (χ4v) is 3.32. The van der Waals surface area contributed by atoms with Gasteiger partial charge in [0.25, 0.3) is 0 Å². The van der Waals surface area contributed by atoms with E-state index in [2.05, 4.69) is 26.6 Å². The molecule has 7 heteroatoms. The van der Waals surface area contributed by atoms with E-state index in [4.69, 9.17) is 20.8 Å². The number of rotatable bonds is 8. The largest absolute Gasteiger partial charge is 0.469 e. The summed E-state index contributed by atoms with van der Waals surface area (Å²) in [6.07, 6.45) is 3.57. The van der Waals surface area contributed by atoms with Gasteiger partial charge in [0.2, 0.25) is 0 Å². The fraction of sp³-hybridized carbons (Fsp3) is 0.450. The molecule has 0 amide bonds. The van der Waals surface area contributed by atoms with Crippen molar-refractivity contribution >= 4 is 23.2 Å². The second-order valence-corrected chi connectivity index (χ2v) is 6.97. The summed E-state index contributed by atoms with van der Waals surface area (Å²) in [6, 6.07) is 12.2. The van der Waals surface area contributed by atoms with Crippen LogP contribution in [0.15, 0.2) is 52.1 Å². The Labute approximate surface area is 165 Å². The van der Waals surface area contributed by atoms with Crippen LogP contribution in [0.2, 0.25) is 5.02 Å². The van der Waals surface area contributed by atoms with E-state index in [-0.39, 0.29) is 0 Å². The Hall–Kier alpha value is -2.18. The highest BCUT2D eigenvalue weighted by molar-refractivity contribution is 6.30. The molecule has 2 aromatic rings. The van der Waals surface area contributed by atoms with E-state index in [0.29, 0.717) is 19.2 Å². The molecule has 3 rings (SSSR count). The minimum atomic E-state index is 0.335. The topological polar surface area (TPSA) is 62.0 Å². The summed E-state index contributed by atoms with van der Waals surface area (Å²) in [6.45, 7) is 3.90. The first-order valence-corrected chi connectivity index (χ1v) is 9.69. The zero-order valence-electron chi connectivity index (χ0n) is 15.7. The Morgan fingerprint density at radius 3 is 3.07 bits per heavy atom. The molecule has 1 aromatic carbocycles. The number of nitrogens with zero attached hydrogens (tertiary/aromatic N) is 2. The van der Waals surface area contributed by atoms with E-state index in [1.807, 2.05) is 30.3 Å². The molecule has 1 fully saturated rings. The third kappa shape index (κ3) is 6.19. The van der Waals surface area contributed by atoms with Crippen LogP contribution in [0.1, 0.15) is 12.2 Å². The standard InChI is InChI=1S/C20H27ClN4O2/c1-26-13-10-23-20(22-9-7-19-6-3-12-27-19)24-17-8-11-25(15-17)18-5-2-4-16(21)14-18/h2-6,12,14,17H,7-11,13,15H2,1H3,(H2,22,23,24). The van der Waals surface area contributed by atoms with E-state index in [1.54, 1.807) is 13.4 Å². The first kappa shape index (κ1) is 19.6. The van der Waals surface area contributed by atoms with Gasteiger partial charge < -0.3 is 24.7 Å². The molecule has 27 heavy (non-hydrogen) atoms. The van der Waals surface area contributed by atoms with Gasteiger partial charge in [0.05, 0.1) is 19.4 Å². The number of nitrogens with one attached hydrogen (secondary N) is 2. The van der Waals surface area contributed by atoms with E-state index in [9.17, 15) is 0 Å². The summed E-state index contributed by atoms with van der Waals surface area (Å²) in [5, 5.41) is 7.71. The molecule has 0 aliphatic carbocycles. The van der Waals surface area contributed by atoms with Crippen LogP contribution < -0.4 is 15.5 Å². The van der Waals surface area contributed by atoms with E-state index >= 15 is 0 Å². The summed E-state index contributed by atoms with van der Waals surface area (Å²) in [5.41, 5.74) is 1.16. The first-order chi connectivity index (χ1) is 13.2. The summed E-state index contributed by atoms with van der Waals surface area (Å²) < 4.78 is 10.5. The van der Waals surface area contributed by atoms with Gasteiger partial charge in [-0.15, -0.1) is 0 Å². The molecule has 1 aromatic heterocycles. The molecule has 2 N–H and O–H groups in total. The van der Waals surface area contributed by atoms with Crippen LogP contribution in [0.5, 0.6) is 0 Å². The number of benzene rings is 1. The summed E-state index contributed by atoms with van der Waals surface area (Å²) in [4.78, 5) is 6.95. The summed E-state index contributed by atoms with van der Waals surface area (Å²) >= 11 is 6.12. The van der Waals surface area contributed by atoms with Crippen molar-refractivity contribution in [1.82, 2.24) is 10.6 Å². The summed E-state index contributed by atoms with van der Waals surface area (Å²) in [5.74, 6) is 1.78. The predicted molar refractivity (Wildman–Crippen MR) is 110 cm³/mol. The van der Waals surface area contributed by atoms with Crippen LogP contribution in [0.4, 0.5) is 5.69 Å². The quantitative estimate of drug-likeness (QED) is 0.412. The van der Waals surface area contributed by atoms with Gasteiger partial charge in [0, 0.05) is 49.9 Å². The number of furan rings is 1. The smallest absolute Gasteiger partial charge is 0.191 e. The maximum Gasteiger partial charge on any atom is 0.191 e. The number of methoxy groups -OCH3 is 1. The molecule has 0 bridgehead atoms. The second kappa shape index (κ2) is 10.2. The van der Waals surface area contributed by atoms with Crippen LogP contribution in [0.3, 0.4) is 0 Å². The van der Waals surface area contributed by atoms with E-state index in [0.717, 1.165) is 54.9 Å². The van der Waals surface area contributed by atoms with E-state index < -0.39 is 0 Å². The molecular weight excluding hydrogens is 364 g/mol. The first-order valence-electron chi connectivity index (χ1n) is 9.31. The zero-order valence-corrected chi connectivity index (χ0v) is 16.4. The molecule has 146 valence electrons. The molecule has 1 unspecified atom stereocenters. The predicted octanol–water partition coefficient (Wildman–Crippen LogP) is 2.94.